The number of carbonyl (C=O) groups excluding carboxylic acids is 1. The summed E-state index contributed by atoms with van der Waals surface area (Å²) < 4.78 is 4.94. The second kappa shape index (κ2) is 2.38. The van der Waals surface area contributed by atoms with Crippen LogP contribution in [0, 0.1) is 5.92 Å². The molecule has 0 unspecified atom stereocenters. The molecule has 1 fully saturated rings. The standard InChI is InChI=1S/C7H12O2/c1-5(7-3-4-7)9-6(2)8/h5,7H,3-4H2,1-2H3/t5-/m0/s1. The average molecular weight is 128 g/mol. The summed E-state index contributed by atoms with van der Waals surface area (Å²) in [4.78, 5) is 10.4. The largest absolute Gasteiger partial charge is 0.463 e. The van der Waals surface area contributed by atoms with Crippen LogP contribution in [0.5, 0.6) is 0 Å². The van der Waals surface area contributed by atoms with Crippen molar-refractivity contribution >= 4 is 5.97 Å². The summed E-state index contributed by atoms with van der Waals surface area (Å²) in [5.41, 5.74) is 0. The van der Waals surface area contributed by atoms with Gasteiger partial charge >= 0.3 is 5.97 Å². The average Bonchev–Trinajstić information content (AvgIpc) is 2.40. The predicted molar refractivity (Wildman–Crippen MR) is 34.0 cm³/mol. The summed E-state index contributed by atoms with van der Waals surface area (Å²) in [5, 5.41) is 0. The van der Waals surface area contributed by atoms with Gasteiger partial charge < -0.3 is 4.74 Å². The fourth-order valence-corrected chi connectivity index (χ4v) is 0.924. The molecule has 0 radical (unpaired) electrons. The Balaban J connectivity index is 2.17. The molecule has 1 aliphatic carbocycles. The minimum absolute atomic E-state index is 0.155. The van der Waals surface area contributed by atoms with Gasteiger partial charge in [0.1, 0.15) is 6.10 Å². The second-order valence-corrected chi connectivity index (χ2v) is 2.65. The van der Waals surface area contributed by atoms with Gasteiger partial charge in [-0.25, -0.2) is 0 Å². The van der Waals surface area contributed by atoms with E-state index in [4.69, 9.17) is 4.74 Å². The van der Waals surface area contributed by atoms with Crippen LogP contribution < -0.4 is 0 Å². The Kier molecular flexibility index (Phi) is 1.74. The van der Waals surface area contributed by atoms with Gasteiger partial charge in [-0.15, -0.1) is 0 Å². The third-order valence-corrected chi connectivity index (χ3v) is 1.64. The smallest absolute Gasteiger partial charge is 0.302 e. The van der Waals surface area contributed by atoms with E-state index in [-0.39, 0.29) is 12.1 Å². The molecule has 0 N–H and O–H groups in total. The molecule has 1 atom stereocenters. The van der Waals surface area contributed by atoms with Gasteiger partial charge in [0, 0.05) is 6.92 Å². The van der Waals surface area contributed by atoms with Gasteiger partial charge in [0.25, 0.3) is 0 Å². The maximum absolute atomic E-state index is 10.4. The van der Waals surface area contributed by atoms with Crippen LogP contribution >= 0.6 is 0 Å². The normalized spacial score (nSPS) is 21.1. The van der Waals surface area contributed by atoms with Crippen molar-refractivity contribution in [3.8, 4) is 0 Å². The van der Waals surface area contributed by atoms with Crippen LogP contribution in [0.4, 0.5) is 0 Å². The lowest BCUT2D eigenvalue weighted by Crippen LogP contribution is -2.13. The Hall–Kier alpha value is -0.530. The molecule has 2 nitrogen and oxygen atoms in total. The maximum atomic E-state index is 10.4. The molecule has 0 heterocycles. The summed E-state index contributed by atoms with van der Waals surface area (Å²) in [7, 11) is 0. The number of hydrogen-bond donors (Lipinski definition) is 0. The summed E-state index contributed by atoms with van der Waals surface area (Å²) in [5.74, 6) is 0.503. The minimum atomic E-state index is -0.158. The van der Waals surface area contributed by atoms with Crippen LogP contribution in [0.25, 0.3) is 0 Å². The van der Waals surface area contributed by atoms with Gasteiger partial charge in [-0.05, 0) is 25.7 Å². The van der Waals surface area contributed by atoms with Crippen molar-refractivity contribution in [2.75, 3.05) is 0 Å². The van der Waals surface area contributed by atoms with E-state index in [9.17, 15) is 4.79 Å². The molecule has 0 aromatic rings. The molecule has 1 saturated carbocycles. The van der Waals surface area contributed by atoms with Crippen molar-refractivity contribution in [3.05, 3.63) is 0 Å². The zero-order valence-electron chi connectivity index (χ0n) is 5.89. The summed E-state index contributed by atoms with van der Waals surface area (Å²) in [6, 6.07) is 0. The van der Waals surface area contributed by atoms with Crippen molar-refractivity contribution in [1.82, 2.24) is 0 Å². The molecule has 2 heteroatoms. The van der Waals surface area contributed by atoms with Gasteiger partial charge in [-0.2, -0.15) is 0 Å². The Morgan fingerprint density at radius 3 is 2.56 bits per heavy atom. The molecule has 0 aromatic carbocycles. The molecule has 52 valence electrons. The number of carbonyl (C=O) groups is 1. The quantitative estimate of drug-likeness (QED) is 0.525. The van der Waals surface area contributed by atoms with Crippen molar-refractivity contribution in [3.63, 3.8) is 0 Å². The number of ether oxygens (including phenoxy) is 1. The molecule has 0 amide bonds. The lowest BCUT2D eigenvalue weighted by molar-refractivity contribution is -0.146. The van der Waals surface area contributed by atoms with E-state index in [0.29, 0.717) is 5.92 Å². The van der Waals surface area contributed by atoms with Crippen molar-refractivity contribution in [1.29, 1.82) is 0 Å². The zero-order chi connectivity index (χ0) is 6.85. The Morgan fingerprint density at radius 1 is 1.67 bits per heavy atom. The molecular formula is C7H12O2. The highest BCUT2D eigenvalue weighted by Crippen LogP contribution is 2.33. The van der Waals surface area contributed by atoms with Crippen LogP contribution in [0.3, 0.4) is 0 Å². The van der Waals surface area contributed by atoms with Crippen LogP contribution in [0.2, 0.25) is 0 Å². The highest BCUT2D eigenvalue weighted by atomic mass is 16.5. The molecule has 0 spiro atoms. The first kappa shape index (κ1) is 6.59. The van der Waals surface area contributed by atoms with Gasteiger partial charge in [-0.1, -0.05) is 0 Å². The van der Waals surface area contributed by atoms with E-state index in [2.05, 4.69) is 0 Å². The lowest BCUT2D eigenvalue weighted by atomic mass is 10.3. The van der Waals surface area contributed by atoms with Crippen molar-refractivity contribution in [2.45, 2.75) is 32.8 Å². The highest BCUT2D eigenvalue weighted by Gasteiger charge is 2.29. The highest BCUT2D eigenvalue weighted by molar-refractivity contribution is 5.66. The summed E-state index contributed by atoms with van der Waals surface area (Å²) in [6.07, 6.45) is 2.62. The maximum Gasteiger partial charge on any atom is 0.302 e. The van der Waals surface area contributed by atoms with Crippen LogP contribution in [-0.2, 0) is 9.53 Å². The topological polar surface area (TPSA) is 26.3 Å². The van der Waals surface area contributed by atoms with E-state index in [1.165, 1.54) is 19.8 Å². The Morgan fingerprint density at radius 2 is 2.22 bits per heavy atom. The van der Waals surface area contributed by atoms with Crippen LogP contribution in [0.15, 0.2) is 0 Å². The van der Waals surface area contributed by atoms with Gasteiger partial charge in [0.2, 0.25) is 0 Å². The molecule has 0 aromatic heterocycles. The number of hydrogen-bond acceptors (Lipinski definition) is 2. The van der Waals surface area contributed by atoms with Gasteiger partial charge in [0.05, 0.1) is 0 Å². The second-order valence-electron chi connectivity index (χ2n) is 2.65. The third kappa shape index (κ3) is 2.04. The molecule has 1 aliphatic rings. The lowest BCUT2D eigenvalue weighted by Gasteiger charge is -2.08. The molecular weight excluding hydrogens is 116 g/mol. The third-order valence-electron chi connectivity index (χ3n) is 1.64. The summed E-state index contributed by atoms with van der Waals surface area (Å²) >= 11 is 0. The van der Waals surface area contributed by atoms with E-state index >= 15 is 0 Å². The number of rotatable bonds is 2. The van der Waals surface area contributed by atoms with Crippen LogP contribution in [0.1, 0.15) is 26.7 Å². The fourth-order valence-electron chi connectivity index (χ4n) is 0.924. The van der Waals surface area contributed by atoms with Crippen molar-refractivity contribution in [2.24, 2.45) is 5.92 Å². The molecule has 0 saturated heterocycles. The number of esters is 1. The van der Waals surface area contributed by atoms with Gasteiger partial charge in [0.15, 0.2) is 0 Å². The Labute approximate surface area is 55.2 Å². The van der Waals surface area contributed by atoms with E-state index in [1.54, 1.807) is 0 Å². The van der Waals surface area contributed by atoms with Crippen LogP contribution in [-0.4, -0.2) is 12.1 Å². The molecule has 9 heavy (non-hydrogen) atoms. The van der Waals surface area contributed by atoms with E-state index in [1.807, 2.05) is 6.92 Å². The SMILES string of the molecule is CC(=O)O[C@@H](C)C1CC1. The molecule has 0 aliphatic heterocycles. The zero-order valence-corrected chi connectivity index (χ0v) is 5.89. The van der Waals surface area contributed by atoms with E-state index < -0.39 is 0 Å². The monoisotopic (exact) mass is 128 g/mol. The molecule has 0 bridgehead atoms. The first-order valence-corrected chi connectivity index (χ1v) is 3.37. The first-order valence-electron chi connectivity index (χ1n) is 3.37. The van der Waals surface area contributed by atoms with E-state index in [0.717, 1.165) is 0 Å². The van der Waals surface area contributed by atoms with Crippen molar-refractivity contribution < 1.29 is 9.53 Å². The first-order chi connectivity index (χ1) is 4.20. The van der Waals surface area contributed by atoms with Gasteiger partial charge in [-0.3, -0.25) is 4.79 Å². The molecule has 1 rings (SSSR count). The summed E-state index contributed by atoms with van der Waals surface area (Å²) in [6.45, 7) is 3.41. The minimum Gasteiger partial charge on any atom is -0.463 e. The Bertz CT molecular complexity index is 116. The predicted octanol–water partition coefficient (Wildman–Crippen LogP) is 1.35. The fraction of sp³-hybridized carbons (Fsp3) is 0.857.